The van der Waals surface area contributed by atoms with Crippen LogP contribution < -0.4 is 0 Å². The molecule has 0 bridgehead atoms. The number of sulfonamides is 1. The maximum atomic E-state index is 13.4. The Labute approximate surface area is 175 Å². The van der Waals surface area contributed by atoms with Crippen molar-refractivity contribution >= 4 is 33.4 Å². The summed E-state index contributed by atoms with van der Waals surface area (Å²) < 4.78 is 32.7. The molecule has 1 fully saturated rings. The number of benzene rings is 2. The van der Waals surface area contributed by atoms with Crippen molar-refractivity contribution in [2.45, 2.75) is 43.2 Å². The van der Waals surface area contributed by atoms with E-state index in [9.17, 15) is 18.0 Å². The van der Waals surface area contributed by atoms with Crippen molar-refractivity contribution < 1.29 is 22.7 Å². The monoisotopic (exact) mass is 435 g/mol. The quantitative estimate of drug-likeness (QED) is 0.644. The van der Waals surface area contributed by atoms with Crippen LogP contribution in [0.25, 0.3) is 0 Å². The number of ketones is 1. The molecule has 0 amide bonds. The van der Waals surface area contributed by atoms with Gasteiger partial charge in [0.05, 0.1) is 23.6 Å². The van der Waals surface area contributed by atoms with Crippen LogP contribution >= 0.6 is 11.6 Å². The van der Waals surface area contributed by atoms with Gasteiger partial charge in [-0.15, -0.1) is 0 Å². The van der Waals surface area contributed by atoms with Crippen LogP contribution in [0.4, 0.5) is 0 Å². The Balaban J connectivity index is 1.96. The third kappa shape index (κ3) is 4.86. The molecule has 3 rings (SSSR count). The van der Waals surface area contributed by atoms with Gasteiger partial charge in [-0.2, -0.15) is 4.31 Å². The van der Waals surface area contributed by atoms with Crippen LogP contribution in [0.2, 0.25) is 5.02 Å². The van der Waals surface area contributed by atoms with Crippen LogP contribution in [0.15, 0.2) is 53.4 Å². The fourth-order valence-corrected chi connectivity index (χ4v) is 5.17. The number of hydrogen-bond acceptors (Lipinski definition) is 5. The lowest BCUT2D eigenvalue weighted by Crippen LogP contribution is -2.45. The Hall–Kier alpha value is -2.22. The summed E-state index contributed by atoms with van der Waals surface area (Å²) in [4.78, 5) is 24.3. The van der Waals surface area contributed by atoms with Gasteiger partial charge in [0.2, 0.25) is 10.0 Å². The van der Waals surface area contributed by atoms with Crippen LogP contribution in [0.5, 0.6) is 0 Å². The third-order valence-corrected chi connectivity index (χ3v) is 7.12. The topological polar surface area (TPSA) is 80.8 Å². The molecule has 0 radical (unpaired) electrons. The van der Waals surface area contributed by atoms with Gasteiger partial charge in [-0.05, 0) is 54.8 Å². The summed E-state index contributed by atoms with van der Waals surface area (Å²) in [6.45, 7) is 0.0306. The summed E-state index contributed by atoms with van der Waals surface area (Å²) >= 11 is 5.89. The molecule has 0 spiro atoms. The highest BCUT2D eigenvalue weighted by atomic mass is 35.5. The maximum absolute atomic E-state index is 13.4. The summed E-state index contributed by atoms with van der Waals surface area (Å²) in [6, 6.07) is 11.7. The Bertz CT molecular complexity index is 987. The van der Waals surface area contributed by atoms with E-state index in [1.165, 1.54) is 35.7 Å². The average molecular weight is 436 g/mol. The predicted octanol–water partition coefficient (Wildman–Crippen LogP) is 3.83. The van der Waals surface area contributed by atoms with Crippen LogP contribution in [0.3, 0.4) is 0 Å². The Morgan fingerprint density at radius 2 is 1.76 bits per heavy atom. The number of carbonyl (C=O) groups is 2. The van der Waals surface area contributed by atoms with Crippen molar-refractivity contribution in [1.82, 2.24) is 4.31 Å². The Morgan fingerprint density at radius 1 is 1.10 bits per heavy atom. The molecule has 2 aromatic carbocycles. The number of hydrogen-bond donors (Lipinski definition) is 0. The summed E-state index contributed by atoms with van der Waals surface area (Å²) in [5.74, 6) is -0.537. The number of nitrogens with zero attached hydrogens (tertiary/aromatic N) is 1. The van der Waals surface area contributed by atoms with Crippen LogP contribution in [0, 0.1) is 0 Å². The highest BCUT2D eigenvalue weighted by Crippen LogP contribution is 2.28. The molecule has 2 aromatic rings. The average Bonchev–Trinajstić information content (AvgIpc) is 2.73. The second-order valence-electron chi connectivity index (χ2n) is 6.92. The van der Waals surface area contributed by atoms with Gasteiger partial charge in [0.15, 0.2) is 5.78 Å². The molecule has 1 atom stereocenters. The molecular weight excluding hydrogens is 414 g/mol. The number of methoxy groups -OCH3 is 1. The van der Waals surface area contributed by atoms with Crippen LogP contribution in [-0.4, -0.2) is 37.6 Å². The standard InChI is InChI=1S/C21H22ClNO5S/c1-28-21(25)16-8-6-15(7-9-16)14-23(19-4-2-3-5-20(19)24)29(26,27)18-12-10-17(22)11-13-18/h6-13,19H,2-5,14H2,1H3. The third-order valence-electron chi connectivity index (χ3n) is 5.00. The fraction of sp³-hybridized carbons (Fsp3) is 0.333. The smallest absolute Gasteiger partial charge is 0.337 e. The number of ether oxygens (including phenoxy) is 1. The lowest BCUT2D eigenvalue weighted by Gasteiger charge is -2.32. The molecule has 154 valence electrons. The molecule has 0 aliphatic heterocycles. The summed E-state index contributed by atoms with van der Waals surface area (Å²) in [6.07, 6.45) is 2.44. The zero-order chi connectivity index (χ0) is 21.0. The molecule has 0 heterocycles. The van der Waals surface area contributed by atoms with E-state index in [1.807, 2.05) is 0 Å². The number of Topliss-reactive ketones (excluding diaryl/α,β-unsaturated/α-hetero) is 1. The SMILES string of the molecule is COC(=O)c1ccc(CN(C2CCCCC2=O)S(=O)(=O)c2ccc(Cl)cc2)cc1. The van der Waals surface area contributed by atoms with E-state index < -0.39 is 22.0 Å². The first-order valence-corrected chi connectivity index (χ1v) is 11.1. The van der Waals surface area contributed by atoms with Gasteiger partial charge in [0.25, 0.3) is 0 Å². The minimum atomic E-state index is -3.92. The highest BCUT2D eigenvalue weighted by molar-refractivity contribution is 7.89. The molecule has 1 saturated carbocycles. The van der Waals surface area contributed by atoms with Crippen molar-refractivity contribution in [1.29, 1.82) is 0 Å². The van der Waals surface area contributed by atoms with E-state index in [0.29, 0.717) is 29.0 Å². The molecule has 29 heavy (non-hydrogen) atoms. The molecule has 1 unspecified atom stereocenters. The molecule has 0 N–H and O–H groups in total. The predicted molar refractivity (Wildman–Crippen MR) is 109 cm³/mol. The first-order chi connectivity index (χ1) is 13.8. The summed E-state index contributed by atoms with van der Waals surface area (Å²) in [5, 5.41) is 0.433. The largest absolute Gasteiger partial charge is 0.465 e. The normalized spacial score (nSPS) is 17.3. The van der Waals surface area contributed by atoms with Gasteiger partial charge in [-0.1, -0.05) is 30.2 Å². The second-order valence-corrected chi connectivity index (χ2v) is 9.25. The molecule has 1 aliphatic carbocycles. The molecule has 8 heteroatoms. The van der Waals surface area contributed by atoms with Crippen molar-refractivity contribution in [3.8, 4) is 0 Å². The minimum absolute atomic E-state index is 0.0306. The number of esters is 1. The van der Waals surface area contributed by atoms with Crippen LogP contribution in [0.1, 0.15) is 41.6 Å². The molecule has 1 aliphatic rings. The van der Waals surface area contributed by atoms with E-state index in [2.05, 4.69) is 4.74 Å². The molecule has 0 aromatic heterocycles. The van der Waals surface area contributed by atoms with E-state index >= 15 is 0 Å². The van der Waals surface area contributed by atoms with E-state index in [1.54, 1.807) is 24.3 Å². The zero-order valence-corrected chi connectivity index (χ0v) is 17.6. The van der Waals surface area contributed by atoms with Crippen molar-refractivity contribution in [3.05, 3.63) is 64.7 Å². The number of halogens is 1. The molecule has 0 saturated heterocycles. The first kappa shape index (κ1) is 21.5. The van der Waals surface area contributed by atoms with E-state index in [-0.39, 0.29) is 17.2 Å². The minimum Gasteiger partial charge on any atom is -0.465 e. The van der Waals surface area contributed by atoms with Crippen molar-refractivity contribution in [3.63, 3.8) is 0 Å². The maximum Gasteiger partial charge on any atom is 0.337 e. The van der Waals surface area contributed by atoms with Gasteiger partial charge in [0, 0.05) is 18.0 Å². The van der Waals surface area contributed by atoms with Crippen molar-refractivity contribution in [2.75, 3.05) is 7.11 Å². The highest BCUT2D eigenvalue weighted by Gasteiger charge is 2.36. The molecule has 6 nitrogen and oxygen atoms in total. The number of carbonyl (C=O) groups excluding carboxylic acids is 2. The van der Waals surface area contributed by atoms with Crippen LogP contribution in [-0.2, 0) is 26.1 Å². The van der Waals surface area contributed by atoms with Gasteiger partial charge in [-0.25, -0.2) is 13.2 Å². The van der Waals surface area contributed by atoms with Gasteiger partial charge < -0.3 is 4.74 Å². The Morgan fingerprint density at radius 3 is 2.34 bits per heavy atom. The number of rotatable bonds is 6. The van der Waals surface area contributed by atoms with Gasteiger partial charge in [-0.3, -0.25) is 4.79 Å². The fourth-order valence-electron chi connectivity index (χ4n) is 3.42. The molecular formula is C21H22ClNO5S. The summed E-state index contributed by atoms with van der Waals surface area (Å²) in [7, 11) is -2.62. The Kier molecular flexibility index (Phi) is 6.72. The van der Waals surface area contributed by atoms with E-state index in [0.717, 1.165) is 12.8 Å². The second kappa shape index (κ2) is 9.07. The van der Waals surface area contributed by atoms with Gasteiger partial charge >= 0.3 is 5.97 Å². The lowest BCUT2D eigenvalue weighted by atomic mass is 9.94. The summed E-state index contributed by atoms with van der Waals surface area (Å²) in [5.41, 5.74) is 1.05. The lowest BCUT2D eigenvalue weighted by molar-refractivity contribution is -0.124. The first-order valence-electron chi connectivity index (χ1n) is 9.30. The zero-order valence-electron chi connectivity index (χ0n) is 16.0. The van der Waals surface area contributed by atoms with Crippen molar-refractivity contribution in [2.24, 2.45) is 0 Å². The van der Waals surface area contributed by atoms with E-state index in [4.69, 9.17) is 11.6 Å². The van der Waals surface area contributed by atoms with Gasteiger partial charge in [0.1, 0.15) is 0 Å².